The Labute approximate surface area is 290 Å². The molecule has 0 atom stereocenters. The molecule has 0 saturated heterocycles. The monoisotopic (exact) mass is 676 g/mol. The van der Waals surface area contributed by atoms with E-state index in [0.717, 1.165) is 4.47 Å². The molecule has 8 aromatic rings. The molecule has 48 heavy (non-hydrogen) atoms. The standard InChI is InChI=1S/C47H33Br/c1-47(2)43-16-10-9-15-37(43)39-28-41-42(29-44(39)47)46(35-23-19-33(20-24-35)31-13-7-4-8-14-31)40-27-36(48)25-26-38(40)45(41)34-21-17-32(18-22-34)30-11-5-3-6-12-30/h3-29H,1-2H3. The van der Waals surface area contributed by atoms with E-state index in [-0.39, 0.29) is 5.41 Å². The van der Waals surface area contributed by atoms with Gasteiger partial charge in [0.2, 0.25) is 0 Å². The third kappa shape index (κ3) is 4.57. The van der Waals surface area contributed by atoms with E-state index in [9.17, 15) is 0 Å². The molecule has 0 fully saturated rings. The fourth-order valence-electron chi connectivity index (χ4n) is 7.93. The van der Waals surface area contributed by atoms with Crippen LogP contribution in [0, 0.1) is 0 Å². The quantitative estimate of drug-likeness (QED) is 0.163. The number of benzene rings is 8. The second kappa shape index (κ2) is 11.2. The Morgan fingerprint density at radius 1 is 0.354 bits per heavy atom. The van der Waals surface area contributed by atoms with Crippen molar-refractivity contribution in [3.05, 3.63) is 179 Å². The van der Waals surface area contributed by atoms with Crippen molar-refractivity contribution in [2.24, 2.45) is 0 Å². The van der Waals surface area contributed by atoms with Gasteiger partial charge in [0, 0.05) is 9.89 Å². The maximum Gasteiger partial charge on any atom is 0.0181 e. The van der Waals surface area contributed by atoms with E-state index < -0.39 is 0 Å². The molecule has 0 amide bonds. The highest BCUT2D eigenvalue weighted by Crippen LogP contribution is 2.53. The molecule has 0 aliphatic heterocycles. The smallest absolute Gasteiger partial charge is 0.0181 e. The molecule has 1 aliphatic rings. The minimum absolute atomic E-state index is 0.0989. The van der Waals surface area contributed by atoms with Crippen molar-refractivity contribution in [1.29, 1.82) is 0 Å². The molecule has 0 saturated carbocycles. The molecule has 0 unspecified atom stereocenters. The van der Waals surface area contributed by atoms with Gasteiger partial charge in [-0.3, -0.25) is 0 Å². The van der Waals surface area contributed by atoms with Gasteiger partial charge >= 0.3 is 0 Å². The van der Waals surface area contributed by atoms with Crippen LogP contribution in [-0.4, -0.2) is 0 Å². The first kappa shape index (κ1) is 28.9. The van der Waals surface area contributed by atoms with E-state index in [1.165, 1.54) is 88.3 Å². The maximum absolute atomic E-state index is 3.85. The summed E-state index contributed by atoms with van der Waals surface area (Å²) in [5.41, 5.74) is 15.3. The van der Waals surface area contributed by atoms with Gasteiger partial charge in [-0.25, -0.2) is 0 Å². The molecule has 9 rings (SSSR count). The van der Waals surface area contributed by atoms with Crippen molar-refractivity contribution < 1.29 is 0 Å². The summed E-state index contributed by atoms with van der Waals surface area (Å²) in [5, 5.41) is 5.08. The van der Waals surface area contributed by atoms with Crippen LogP contribution in [0.15, 0.2) is 168 Å². The second-order valence-electron chi connectivity index (χ2n) is 13.4. The predicted octanol–water partition coefficient (Wildman–Crippen LogP) is 13.7. The Kier molecular flexibility index (Phi) is 6.74. The maximum atomic E-state index is 3.85. The normalized spacial score (nSPS) is 13.1. The molecule has 0 N–H and O–H groups in total. The Morgan fingerprint density at radius 3 is 1.42 bits per heavy atom. The molecule has 8 aromatic carbocycles. The number of rotatable bonds is 4. The second-order valence-corrected chi connectivity index (χ2v) is 14.4. The Morgan fingerprint density at radius 2 is 0.812 bits per heavy atom. The summed E-state index contributed by atoms with van der Waals surface area (Å²) in [6.45, 7) is 4.75. The number of fused-ring (bicyclic) bond motifs is 5. The van der Waals surface area contributed by atoms with Crippen LogP contribution in [-0.2, 0) is 5.41 Å². The van der Waals surface area contributed by atoms with Gasteiger partial charge in [-0.1, -0.05) is 169 Å². The molecule has 1 aliphatic carbocycles. The topological polar surface area (TPSA) is 0 Å². The molecule has 1 heteroatoms. The summed E-state index contributed by atoms with van der Waals surface area (Å²) in [7, 11) is 0. The molecule has 0 nitrogen and oxygen atoms in total. The van der Waals surface area contributed by atoms with Crippen LogP contribution in [0.5, 0.6) is 0 Å². The van der Waals surface area contributed by atoms with Crippen molar-refractivity contribution in [1.82, 2.24) is 0 Å². The van der Waals surface area contributed by atoms with E-state index in [1.54, 1.807) is 0 Å². The Bertz CT molecular complexity index is 2490. The SMILES string of the molecule is CC1(C)c2ccccc2-c2cc3c(-c4ccc(-c5ccccc5)cc4)c4ccc(Br)cc4c(-c4ccc(-c5ccccc5)cc4)c3cc21. The molecule has 0 radical (unpaired) electrons. The van der Waals surface area contributed by atoms with Crippen LogP contribution in [0.3, 0.4) is 0 Å². The first-order chi connectivity index (χ1) is 23.5. The van der Waals surface area contributed by atoms with Crippen molar-refractivity contribution >= 4 is 37.5 Å². The van der Waals surface area contributed by atoms with Crippen molar-refractivity contribution in [3.63, 3.8) is 0 Å². The highest BCUT2D eigenvalue weighted by Gasteiger charge is 2.36. The minimum atomic E-state index is -0.0989. The molecule has 0 bridgehead atoms. The van der Waals surface area contributed by atoms with E-state index in [4.69, 9.17) is 0 Å². The number of hydrogen-bond donors (Lipinski definition) is 0. The van der Waals surface area contributed by atoms with Gasteiger partial charge in [-0.2, -0.15) is 0 Å². The van der Waals surface area contributed by atoms with Gasteiger partial charge in [0.1, 0.15) is 0 Å². The largest absolute Gasteiger partial charge is 0.0622 e. The number of halogens is 1. The summed E-state index contributed by atoms with van der Waals surface area (Å²) < 4.78 is 1.08. The van der Waals surface area contributed by atoms with Crippen molar-refractivity contribution in [3.8, 4) is 55.6 Å². The van der Waals surface area contributed by atoms with E-state index in [1.807, 2.05) is 0 Å². The third-order valence-electron chi connectivity index (χ3n) is 10.3. The predicted molar refractivity (Wildman–Crippen MR) is 208 cm³/mol. The first-order valence-corrected chi connectivity index (χ1v) is 17.4. The van der Waals surface area contributed by atoms with Crippen LogP contribution in [0.4, 0.5) is 0 Å². The van der Waals surface area contributed by atoms with Crippen LogP contribution in [0.25, 0.3) is 77.2 Å². The summed E-state index contributed by atoms with van der Waals surface area (Å²) in [5.74, 6) is 0. The molecule has 228 valence electrons. The molecular weight excluding hydrogens is 644 g/mol. The average Bonchev–Trinajstić information content (AvgIpc) is 3.36. The van der Waals surface area contributed by atoms with Crippen LogP contribution in [0.2, 0.25) is 0 Å². The zero-order chi connectivity index (χ0) is 32.4. The van der Waals surface area contributed by atoms with Gasteiger partial charge in [-0.05, 0) is 113 Å². The lowest BCUT2D eigenvalue weighted by molar-refractivity contribution is 0.661. The van der Waals surface area contributed by atoms with Gasteiger partial charge in [0.05, 0.1) is 0 Å². The molecule has 0 spiro atoms. The zero-order valence-corrected chi connectivity index (χ0v) is 28.6. The molecule has 0 heterocycles. The Balaban J connectivity index is 1.36. The van der Waals surface area contributed by atoms with Gasteiger partial charge in [-0.15, -0.1) is 0 Å². The van der Waals surface area contributed by atoms with Crippen LogP contribution in [0.1, 0.15) is 25.0 Å². The molecule has 0 aromatic heterocycles. The fraction of sp³-hybridized carbons (Fsp3) is 0.0638. The summed E-state index contributed by atoms with van der Waals surface area (Å²) in [4.78, 5) is 0. The van der Waals surface area contributed by atoms with Gasteiger partial charge in [0.15, 0.2) is 0 Å². The van der Waals surface area contributed by atoms with Crippen molar-refractivity contribution in [2.75, 3.05) is 0 Å². The Hall–Kier alpha value is -5.24. The lowest BCUT2D eigenvalue weighted by atomic mass is 9.79. The van der Waals surface area contributed by atoms with Crippen LogP contribution >= 0.6 is 15.9 Å². The summed E-state index contributed by atoms with van der Waals surface area (Å²) in [6.07, 6.45) is 0. The van der Waals surface area contributed by atoms with E-state index >= 15 is 0 Å². The van der Waals surface area contributed by atoms with Crippen molar-refractivity contribution in [2.45, 2.75) is 19.3 Å². The van der Waals surface area contributed by atoms with E-state index in [2.05, 4.69) is 194 Å². The average molecular weight is 678 g/mol. The van der Waals surface area contributed by atoms with Crippen LogP contribution < -0.4 is 0 Å². The number of hydrogen-bond acceptors (Lipinski definition) is 0. The lowest BCUT2D eigenvalue weighted by Crippen LogP contribution is -2.14. The van der Waals surface area contributed by atoms with E-state index in [0.29, 0.717) is 0 Å². The first-order valence-electron chi connectivity index (χ1n) is 16.6. The van der Waals surface area contributed by atoms with Gasteiger partial charge < -0.3 is 0 Å². The van der Waals surface area contributed by atoms with Gasteiger partial charge in [0.25, 0.3) is 0 Å². The minimum Gasteiger partial charge on any atom is -0.0622 e. The third-order valence-corrected chi connectivity index (χ3v) is 10.8. The molecular formula is C47H33Br. The highest BCUT2D eigenvalue weighted by molar-refractivity contribution is 9.10. The highest BCUT2D eigenvalue weighted by atomic mass is 79.9. The fourth-order valence-corrected chi connectivity index (χ4v) is 8.30. The summed E-state index contributed by atoms with van der Waals surface area (Å²) >= 11 is 3.85. The lowest BCUT2D eigenvalue weighted by Gasteiger charge is -2.24. The zero-order valence-electron chi connectivity index (χ0n) is 27.0. The summed E-state index contributed by atoms with van der Waals surface area (Å²) in [6, 6.07) is 60.3.